The Balaban J connectivity index is 2.75. The highest BCUT2D eigenvalue weighted by Crippen LogP contribution is 2.32. The number of likely N-dealkylation sites (N-methyl/N-ethyl adjacent to an activating group) is 1. The van der Waals surface area contributed by atoms with Crippen LogP contribution in [0.5, 0.6) is 0 Å². The van der Waals surface area contributed by atoms with Crippen LogP contribution in [-0.2, 0) is 4.79 Å². The molecule has 1 N–H and O–H groups in total. The van der Waals surface area contributed by atoms with Gasteiger partial charge in [-0.3, -0.25) is 9.69 Å². The minimum atomic E-state index is -0.733. The van der Waals surface area contributed by atoms with E-state index in [2.05, 4.69) is 11.8 Å². The Kier molecular flexibility index (Phi) is 3.77. The molecule has 0 aromatic rings. The summed E-state index contributed by atoms with van der Waals surface area (Å²) in [4.78, 5) is 13.4. The van der Waals surface area contributed by atoms with Crippen LogP contribution < -0.4 is 0 Å². The lowest BCUT2D eigenvalue weighted by Crippen LogP contribution is -2.54. The standard InChI is InChI=1S/C12H23NO2/c1-5-13(12(3,4)11(14)15)10-7-6-9(2)8-10/h9-10H,5-8H2,1-4H3,(H,14,15). The lowest BCUT2D eigenvalue weighted by molar-refractivity contribution is -0.150. The Labute approximate surface area is 92.5 Å². The zero-order chi connectivity index (χ0) is 11.6. The second-order valence-electron chi connectivity index (χ2n) is 5.22. The van der Waals surface area contributed by atoms with Crippen molar-refractivity contribution >= 4 is 5.97 Å². The first kappa shape index (κ1) is 12.5. The highest BCUT2D eigenvalue weighted by molar-refractivity contribution is 5.77. The van der Waals surface area contributed by atoms with Crippen LogP contribution in [0.4, 0.5) is 0 Å². The molecule has 3 heteroatoms. The summed E-state index contributed by atoms with van der Waals surface area (Å²) in [5.41, 5.74) is -0.733. The molecule has 0 aromatic carbocycles. The minimum Gasteiger partial charge on any atom is -0.480 e. The molecule has 0 bridgehead atoms. The molecule has 0 heterocycles. The van der Waals surface area contributed by atoms with Gasteiger partial charge in [-0.25, -0.2) is 0 Å². The van der Waals surface area contributed by atoms with E-state index in [-0.39, 0.29) is 0 Å². The Morgan fingerprint density at radius 3 is 2.40 bits per heavy atom. The summed E-state index contributed by atoms with van der Waals surface area (Å²) < 4.78 is 0. The molecule has 0 aliphatic heterocycles. The van der Waals surface area contributed by atoms with Gasteiger partial charge >= 0.3 is 5.97 Å². The molecule has 1 fully saturated rings. The fraction of sp³-hybridized carbons (Fsp3) is 0.917. The molecular weight excluding hydrogens is 190 g/mol. The minimum absolute atomic E-state index is 0.455. The van der Waals surface area contributed by atoms with Gasteiger partial charge in [-0.2, -0.15) is 0 Å². The van der Waals surface area contributed by atoms with Crippen LogP contribution in [0.15, 0.2) is 0 Å². The van der Waals surface area contributed by atoms with E-state index in [1.807, 2.05) is 20.8 Å². The van der Waals surface area contributed by atoms with E-state index >= 15 is 0 Å². The second-order valence-corrected chi connectivity index (χ2v) is 5.22. The third kappa shape index (κ3) is 2.51. The fourth-order valence-corrected chi connectivity index (χ4v) is 2.69. The van der Waals surface area contributed by atoms with Gasteiger partial charge in [-0.15, -0.1) is 0 Å². The summed E-state index contributed by atoms with van der Waals surface area (Å²) in [6, 6.07) is 0.455. The first-order valence-corrected chi connectivity index (χ1v) is 5.89. The molecule has 15 heavy (non-hydrogen) atoms. The Morgan fingerprint density at radius 2 is 2.07 bits per heavy atom. The van der Waals surface area contributed by atoms with Gasteiger partial charge in [0.2, 0.25) is 0 Å². The maximum atomic E-state index is 11.2. The van der Waals surface area contributed by atoms with Crippen LogP contribution >= 0.6 is 0 Å². The lowest BCUT2D eigenvalue weighted by atomic mass is 9.99. The average molecular weight is 213 g/mol. The molecule has 0 radical (unpaired) electrons. The van der Waals surface area contributed by atoms with E-state index in [4.69, 9.17) is 0 Å². The smallest absolute Gasteiger partial charge is 0.323 e. The van der Waals surface area contributed by atoms with Crippen molar-refractivity contribution in [3.05, 3.63) is 0 Å². The summed E-state index contributed by atoms with van der Waals surface area (Å²) in [6.45, 7) is 8.73. The monoisotopic (exact) mass is 213 g/mol. The Hall–Kier alpha value is -0.570. The highest BCUT2D eigenvalue weighted by atomic mass is 16.4. The molecule has 1 aliphatic rings. The van der Waals surface area contributed by atoms with Gasteiger partial charge in [0.25, 0.3) is 0 Å². The van der Waals surface area contributed by atoms with Crippen molar-refractivity contribution in [3.63, 3.8) is 0 Å². The van der Waals surface area contributed by atoms with Crippen LogP contribution in [-0.4, -0.2) is 34.1 Å². The molecule has 2 unspecified atom stereocenters. The summed E-state index contributed by atoms with van der Waals surface area (Å²) >= 11 is 0. The second kappa shape index (κ2) is 4.52. The first-order valence-electron chi connectivity index (χ1n) is 5.89. The molecule has 0 aromatic heterocycles. The number of hydrogen-bond donors (Lipinski definition) is 1. The van der Waals surface area contributed by atoms with Crippen LogP contribution in [0, 0.1) is 5.92 Å². The Morgan fingerprint density at radius 1 is 1.47 bits per heavy atom. The molecule has 0 amide bonds. The maximum Gasteiger partial charge on any atom is 0.323 e. The van der Waals surface area contributed by atoms with Crippen molar-refractivity contribution in [3.8, 4) is 0 Å². The molecule has 3 nitrogen and oxygen atoms in total. The molecule has 0 saturated heterocycles. The molecule has 2 atom stereocenters. The number of rotatable bonds is 4. The first-order chi connectivity index (χ1) is 6.89. The molecular formula is C12H23NO2. The number of carboxylic acid groups (broad SMARTS) is 1. The number of aliphatic carboxylic acids is 1. The van der Waals surface area contributed by atoms with E-state index in [1.165, 1.54) is 6.42 Å². The predicted molar refractivity (Wildman–Crippen MR) is 60.9 cm³/mol. The average Bonchev–Trinajstić information content (AvgIpc) is 2.52. The molecule has 1 rings (SSSR count). The Bertz CT molecular complexity index is 238. The van der Waals surface area contributed by atoms with Crippen molar-refractivity contribution < 1.29 is 9.90 Å². The van der Waals surface area contributed by atoms with Gasteiger partial charge < -0.3 is 5.11 Å². The number of nitrogens with zero attached hydrogens (tertiary/aromatic N) is 1. The lowest BCUT2D eigenvalue weighted by Gasteiger charge is -2.39. The number of hydrogen-bond acceptors (Lipinski definition) is 2. The quantitative estimate of drug-likeness (QED) is 0.779. The number of carboxylic acids is 1. The third-order valence-corrected chi connectivity index (χ3v) is 3.69. The van der Waals surface area contributed by atoms with Crippen molar-refractivity contribution in [2.45, 2.75) is 58.5 Å². The van der Waals surface area contributed by atoms with Gasteiger partial charge in [-0.1, -0.05) is 13.8 Å². The van der Waals surface area contributed by atoms with E-state index in [0.717, 1.165) is 25.3 Å². The SMILES string of the molecule is CCN(C1CCC(C)C1)C(C)(C)C(=O)O. The maximum absolute atomic E-state index is 11.2. The van der Waals surface area contributed by atoms with Crippen LogP contribution in [0.25, 0.3) is 0 Å². The zero-order valence-corrected chi connectivity index (χ0v) is 10.3. The van der Waals surface area contributed by atoms with Crippen LogP contribution in [0.3, 0.4) is 0 Å². The third-order valence-electron chi connectivity index (χ3n) is 3.69. The van der Waals surface area contributed by atoms with Crippen molar-refractivity contribution in [2.75, 3.05) is 6.54 Å². The normalized spacial score (nSPS) is 27.3. The van der Waals surface area contributed by atoms with E-state index < -0.39 is 11.5 Å². The van der Waals surface area contributed by atoms with E-state index in [9.17, 15) is 9.90 Å². The van der Waals surface area contributed by atoms with E-state index in [0.29, 0.717) is 6.04 Å². The predicted octanol–water partition coefficient (Wildman–Crippen LogP) is 2.36. The largest absolute Gasteiger partial charge is 0.480 e. The van der Waals surface area contributed by atoms with E-state index in [1.54, 1.807) is 0 Å². The van der Waals surface area contributed by atoms with Crippen molar-refractivity contribution in [1.82, 2.24) is 4.90 Å². The summed E-state index contributed by atoms with van der Waals surface area (Å²) in [6.07, 6.45) is 3.52. The summed E-state index contributed by atoms with van der Waals surface area (Å²) in [5.74, 6) is 0.0255. The summed E-state index contributed by atoms with van der Waals surface area (Å²) in [5, 5.41) is 9.23. The molecule has 88 valence electrons. The van der Waals surface area contributed by atoms with Crippen LogP contribution in [0.1, 0.15) is 47.0 Å². The van der Waals surface area contributed by atoms with Crippen LogP contribution in [0.2, 0.25) is 0 Å². The zero-order valence-electron chi connectivity index (χ0n) is 10.3. The van der Waals surface area contributed by atoms with Gasteiger partial charge in [0.15, 0.2) is 0 Å². The topological polar surface area (TPSA) is 40.5 Å². The van der Waals surface area contributed by atoms with Gasteiger partial charge in [0.05, 0.1) is 0 Å². The fourth-order valence-electron chi connectivity index (χ4n) is 2.69. The summed E-state index contributed by atoms with van der Waals surface area (Å²) in [7, 11) is 0. The van der Waals surface area contributed by atoms with Crippen molar-refractivity contribution in [1.29, 1.82) is 0 Å². The molecule has 0 spiro atoms. The van der Waals surface area contributed by atoms with Gasteiger partial charge in [0, 0.05) is 6.04 Å². The van der Waals surface area contributed by atoms with Crippen molar-refractivity contribution in [2.24, 2.45) is 5.92 Å². The van der Waals surface area contributed by atoms with Gasteiger partial charge in [-0.05, 0) is 45.6 Å². The molecule has 1 saturated carbocycles. The highest BCUT2D eigenvalue weighted by Gasteiger charge is 2.39. The van der Waals surface area contributed by atoms with Gasteiger partial charge in [0.1, 0.15) is 5.54 Å². The molecule has 1 aliphatic carbocycles. The number of carbonyl (C=O) groups is 1.